The summed E-state index contributed by atoms with van der Waals surface area (Å²) in [6.45, 7) is 5.85. The Hall–Kier alpha value is -2.83. The van der Waals surface area contributed by atoms with E-state index in [2.05, 4.69) is 25.1 Å². The lowest BCUT2D eigenvalue weighted by Crippen LogP contribution is -2.41. The fraction of sp³-hybridized carbons (Fsp3) is 0.522. The van der Waals surface area contributed by atoms with Gasteiger partial charge >= 0.3 is 0 Å². The molecule has 2 aliphatic heterocycles. The Balaban J connectivity index is 1.33. The molecule has 0 aliphatic carbocycles. The number of anilines is 2. The highest BCUT2D eigenvalue weighted by Crippen LogP contribution is 2.32. The summed E-state index contributed by atoms with van der Waals surface area (Å²) in [7, 11) is 1.65. The number of nitrogens with one attached hydrogen (secondary N) is 1. The lowest BCUT2D eigenvalue weighted by Gasteiger charge is -2.35. The van der Waals surface area contributed by atoms with Gasteiger partial charge in [-0.25, -0.2) is 9.97 Å². The summed E-state index contributed by atoms with van der Waals surface area (Å²) in [6.07, 6.45) is 7.69. The molecule has 7 heteroatoms. The van der Waals surface area contributed by atoms with Gasteiger partial charge in [-0.05, 0) is 50.3 Å². The van der Waals surface area contributed by atoms with E-state index in [1.54, 1.807) is 13.4 Å². The van der Waals surface area contributed by atoms with Crippen molar-refractivity contribution in [1.29, 1.82) is 0 Å². The predicted molar refractivity (Wildman–Crippen MR) is 118 cm³/mol. The number of rotatable bonds is 6. The van der Waals surface area contributed by atoms with Gasteiger partial charge in [-0.1, -0.05) is 12.1 Å². The number of aromatic nitrogens is 2. The number of benzene rings is 1. The number of ether oxygens (including phenoxy) is 1. The first-order valence-electron chi connectivity index (χ1n) is 10.9. The highest BCUT2D eigenvalue weighted by Gasteiger charge is 2.28. The molecule has 0 radical (unpaired) electrons. The zero-order valence-corrected chi connectivity index (χ0v) is 17.9. The Labute approximate surface area is 178 Å². The van der Waals surface area contributed by atoms with Gasteiger partial charge in [0, 0.05) is 32.1 Å². The molecule has 3 heterocycles. The van der Waals surface area contributed by atoms with E-state index >= 15 is 0 Å². The standard InChI is InChI=1S/C23H31N5O2/c1-17(18-5-7-20(30-2)8-6-18)26-23(29)19-9-13-27(14-10-19)21-15-24-16-25-22(21)28-11-3-4-12-28/h5-8,15-17,19H,3-4,9-14H2,1-2H3,(H,26,29). The first-order chi connectivity index (χ1) is 14.7. The van der Waals surface area contributed by atoms with Crippen LogP contribution in [0.4, 0.5) is 11.5 Å². The molecular formula is C23H31N5O2. The number of carbonyl (C=O) groups is 1. The molecule has 0 bridgehead atoms. The second-order valence-electron chi connectivity index (χ2n) is 8.19. The van der Waals surface area contributed by atoms with E-state index in [1.807, 2.05) is 37.4 Å². The molecule has 7 nitrogen and oxygen atoms in total. The molecule has 1 unspecified atom stereocenters. The minimum atomic E-state index is -0.0225. The highest BCUT2D eigenvalue weighted by atomic mass is 16.5. The third kappa shape index (κ3) is 4.50. The first-order valence-corrected chi connectivity index (χ1v) is 10.9. The minimum Gasteiger partial charge on any atom is -0.497 e. The van der Waals surface area contributed by atoms with Crippen LogP contribution < -0.4 is 19.9 Å². The molecule has 30 heavy (non-hydrogen) atoms. The van der Waals surface area contributed by atoms with Crippen LogP contribution in [0.25, 0.3) is 0 Å². The third-order valence-corrected chi connectivity index (χ3v) is 6.26. The van der Waals surface area contributed by atoms with Crippen LogP contribution >= 0.6 is 0 Å². The number of amides is 1. The zero-order valence-electron chi connectivity index (χ0n) is 17.9. The molecule has 1 aromatic carbocycles. The summed E-state index contributed by atoms with van der Waals surface area (Å²) >= 11 is 0. The Morgan fingerprint density at radius 2 is 1.80 bits per heavy atom. The molecule has 2 fully saturated rings. The SMILES string of the molecule is COc1ccc(C(C)NC(=O)C2CCN(c3cncnc3N3CCCC3)CC2)cc1. The van der Waals surface area contributed by atoms with Crippen molar-refractivity contribution in [2.75, 3.05) is 43.1 Å². The summed E-state index contributed by atoms with van der Waals surface area (Å²) in [5.74, 6) is 2.05. The number of hydrogen-bond acceptors (Lipinski definition) is 6. The van der Waals surface area contributed by atoms with Crippen molar-refractivity contribution in [3.05, 3.63) is 42.4 Å². The fourth-order valence-electron chi connectivity index (χ4n) is 4.40. The fourth-order valence-corrected chi connectivity index (χ4v) is 4.40. The van der Waals surface area contributed by atoms with Gasteiger partial charge in [0.1, 0.15) is 12.1 Å². The number of carbonyl (C=O) groups excluding carboxylic acids is 1. The van der Waals surface area contributed by atoms with Gasteiger partial charge in [-0.15, -0.1) is 0 Å². The molecule has 1 N–H and O–H groups in total. The lowest BCUT2D eigenvalue weighted by atomic mass is 9.95. The first kappa shape index (κ1) is 20.4. The van der Waals surface area contributed by atoms with E-state index in [0.29, 0.717) is 0 Å². The van der Waals surface area contributed by atoms with Gasteiger partial charge < -0.3 is 19.9 Å². The second-order valence-corrected chi connectivity index (χ2v) is 8.19. The molecule has 0 saturated carbocycles. The summed E-state index contributed by atoms with van der Waals surface area (Å²) in [6, 6.07) is 7.83. The largest absolute Gasteiger partial charge is 0.497 e. The third-order valence-electron chi connectivity index (χ3n) is 6.26. The molecular weight excluding hydrogens is 378 g/mol. The van der Waals surface area contributed by atoms with Gasteiger partial charge in [0.15, 0.2) is 5.82 Å². The maximum absolute atomic E-state index is 12.8. The average molecular weight is 410 g/mol. The van der Waals surface area contributed by atoms with Crippen molar-refractivity contribution in [1.82, 2.24) is 15.3 Å². The van der Waals surface area contributed by atoms with Crippen molar-refractivity contribution in [3.8, 4) is 5.75 Å². The number of piperidine rings is 1. The van der Waals surface area contributed by atoms with Crippen molar-refractivity contribution in [2.24, 2.45) is 5.92 Å². The Morgan fingerprint density at radius 3 is 2.47 bits per heavy atom. The van der Waals surface area contributed by atoms with Crippen LogP contribution in [0.2, 0.25) is 0 Å². The smallest absolute Gasteiger partial charge is 0.223 e. The second kappa shape index (κ2) is 9.32. The van der Waals surface area contributed by atoms with Gasteiger partial charge in [0.05, 0.1) is 25.0 Å². The van der Waals surface area contributed by atoms with Crippen molar-refractivity contribution >= 4 is 17.4 Å². The predicted octanol–water partition coefficient (Wildman–Crippen LogP) is 3.18. The Kier molecular flexibility index (Phi) is 6.35. The van der Waals surface area contributed by atoms with Crippen LogP contribution in [0.1, 0.15) is 44.2 Å². The number of nitrogens with zero attached hydrogens (tertiary/aromatic N) is 4. The lowest BCUT2D eigenvalue weighted by molar-refractivity contribution is -0.126. The molecule has 160 valence electrons. The molecule has 1 amide bonds. The average Bonchev–Trinajstić information content (AvgIpc) is 3.34. The number of methoxy groups -OCH3 is 1. The van der Waals surface area contributed by atoms with Crippen molar-refractivity contribution in [2.45, 2.75) is 38.6 Å². The summed E-state index contributed by atoms with van der Waals surface area (Å²) in [5, 5.41) is 3.18. The monoisotopic (exact) mass is 409 g/mol. The molecule has 2 aromatic rings. The highest BCUT2D eigenvalue weighted by molar-refractivity contribution is 5.79. The summed E-state index contributed by atoms with van der Waals surface area (Å²) < 4.78 is 5.21. The molecule has 2 aliphatic rings. The van der Waals surface area contributed by atoms with Crippen LogP contribution in [0.3, 0.4) is 0 Å². The topological polar surface area (TPSA) is 70.6 Å². The maximum atomic E-state index is 12.8. The summed E-state index contributed by atoms with van der Waals surface area (Å²) in [4.78, 5) is 26.4. The zero-order chi connectivity index (χ0) is 20.9. The minimum absolute atomic E-state index is 0.0225. The van der Waals surface area contributed by atoms with Gasteiger partial charge in [-0.2, -0.15) is 0 Å². The van der Waals surface area contributed by atoms with E-state index < -0.39 is 0 Å². The van der Waals surface area contributed by atoms with Crippen molar-refractivity contribution < 1.29 is 9.53 Å². The summed E-state index contributed by atoms with van der Waals surface area (Å²) in [5.41, 5.74) is 2.18. The van der Waals surface area contributed by atoms with Crippen LogP contribution in [0.5, 0.6) is 5.75 Å². The van der Waals surface area contributed by atoms with E-state index in [-0.39, 0.29) is 17.9 Å². The van der Waals surface area contributed by atoms with Gasteiger partial charge in [-0.3, -0.25) is 4.79 Å². The molecule has 4 rings (SSSR count). The van der Waals surface area contributed by atoms with E-state index in [1.165, 1.54) is 12.8 Å². The molecule has 2 saturated heterocycles. The quantitative estimate of drug-likeness (QED) is 0.790. The Morgan fingerprint density at radius 1 is 1.10 bits per heavy atom. The Bertz CT molecular complexity index is 843. The number of hydrogen-bond donors (Lipinski definition) is 1. The maximum Gasteiger partial charge on any atom is 0.223 e. The van der Waals surface area contributed by atoms with Crippen LogP contribution in [-0.2, 0) is 4.79 Å². The van der Waals surface area contributed by atoms with Crippen LogP contribution in [0, 0.1) is 5.92 Å². The van der Waals surface area contributed by atoms with E-state index in [0.717, 1.165) is 61.8 Å². The van der Waals surface area contributed by atoms with Crippen LogP contribution in [-0.4, -0.2) is 49.2 Å². The molecule has 1 atom stereocenters. The molecule has 0 spiro atoms. The van der Waals surface area contributed by atoms with Crippen molar-refractivity contribution in [3.63, 3.8) is 0 Å². The molecule has 1 aromatic heterocycles. The van der Waals surface area contributed by atoms with Gasteiger partial charge in [0.25, 0.3) is 0 Å². The van der Waals surface area contributed by atoms with E-state index in [4.69, 9.17) is 4.74 Å². The van der Waals surface area contributed by atoms with Gasteiger partial charge in [0.2, 0.25) is 5.91 Å². The van der Waals surface area contributed by atoms with E-state index in [9.17, 15) is 4.79 Å². The van der Waals surface area contributed by atoms with Crippen LogP contribution in [0.15, 0.2) is 36.8 Å². The normalized spacial score (nSPS) is 18.3.